The van der Waals surface area contributed by atoms with Gasteiger partial charge in [-0.2, -0.15) is 0 Å². The van der Waals surface area contributed by atoms with Gasteiger partial charge in [0.25, 0.3) is 0 Å². The summed E-state index contributed by atoms with van der Waals surface area (Å²) < 4.78 is 0. The average Bonchev–Trinajstić information content (AvgIpc) is 2.19. The highest BCUT2D eigenvalue weighted by Crippen LogP contribution is 2.18. The molecule has 2 N–H and O–H groups in total. The van der Waals surface area contributed by atoms with Crippen molar-refractivity contribution in [1.82, 2.24) is 0 Å². The third-order valence-electron chi connectivity index (χ3n) is 2.25. The fraction of sp³-hybridized carbons (Fsp3) is 0.167. The van der Waals surface area contributed by atoms with E-state index < -0.39 is 0 Å². The molecule has 2 heteroatoms. The molecule has 0 aromatic heterocycles. The molecule has 0 aliphatic heterocycles. The molecule has 0 saturated heterocycles. The molecule has 2 aromatic rings. The normalized spacial score (nSPS) is 9.79. The Hall–Kier alpha value is -0.860. The van der Waals surface area contributed by atoms with Gasteiger partial charge in [-0.25, -0.2) is 0 Å². The van der Waals surface area contributed by atoms with Crippen LogP contribution in [0.4, 0.5) is 5.69 Å². The minimum Gasteiger partial charge on any atom is -1.00 e. The van der Waals surface area contributed by atoms with Gasteiger partial charge in [-0.15, -0.1) is 0 Å². The van der Waals surface area contributed by atoms with Crippen molar-refractivity contribution in [2.24, 2.45) is 0 Å². The summed E-state index contributed by atoms with van der Waals surface area (Å²) in [6, 6.07) is 14.9. The molecule has 0 spiro atoms. The Kier molecular flexibility index (Phi) is 4.11. The lowest BCUT2D eigenvalue weighted by Crippen LogP contribution is -3.00. The third-order valence-corrected chi connectivity index (χ3v) is 2.25. The molecule has 0 amide bonds. The van der Waals surface area contributed by atoms with Gasteiger partial charge in [0.2, 0.25) is 0 Å². The lowest BCUT2D eigenvalue weighted by molar-refractivity contribution is -0.566. The van der Waals surface area contributed by atoms with E-state index in [-0.39, 0.29) is 17.0 Å². The maximum absolute atomic E-state index is 2.27. The fourth-order valence-corrected chi connectivity index (χ4v) is 1.65. The molecule has 0 heterocycles. The molecule has 0 saturated carbocycles. The van der Waals surface area contributed by atoms with Crippen molar-refractivity contribution in [2.75, 3.05) is 6.54 Å². The van der Waals surface area contributed by atoms with Gasteiger partial charge in [-0.3, -0.25) is 0 Å². The summed E-state index contributed by atoms with van der Waals surface area (Å²) in [5, 5.41) is 4.94. The summed E-state index contributed by atoms with van der Waals surface area (Å²) in [5.41, 5.74) is 1.35. The quantitative estimate of drug-likeness (QED) is 0.664. The standard InChI is InChI=1S/C12H13N.BrH/c1-2-13-12-9-5-7-10-6-3-4-8-11(10)12;/h3-9,13H,2H2,1H3;1H. The van der Waals surface area contributed by atoms with Crippen molar-refractivity contribution in [3.05, 3.63) is 42.5 Å². The van der Waals surface area contributed by atoms with E-state index >= 15 is 0 Å². The van der Waals surface area contributed by atoms with E-state index in [1.54, 1.807) is 0 Å². The summed E-state index contributed by atoms with van der Waals surface area (Å²) in [6.07, 6.45) is 0. The van der Waals surface area contributed by atoms with Crippen molar-refractivity contribution < 1.29 is 22.3 Å². The monoisotopic (exact) mass is 251 g/mol. The summed E-state index contributed by atoms with van der Waals surface area (Å²) in [5.74, 6) is 0. The number of rotatable bonds is 2. The highest BCUT2D eigenvalue weighted by atomic mass is 79.9. The highest BCUT2D eigenvalue weighted by Gasteiger charge is 2.00. The van der Waals surface area contributed by atoms with Gasteiger partial charge in [0.1, 0.15) is 5.69 Å². The average molecular weight is 252 g/mol. The predicted octanol–water partition coefficient (Wildman–Crippen LogP) is -0.941. The van der Waals surface area contributed by atoms with Crippen LogP contribution in [-0.4, -0.2) is 6.54 Å². The Labute approximate surface area is 94.9 Å². The van der Waals surface area contributed by atoms with Crippen LogP contribution in [0, 0.1) is 0 Å². The second-order valence-corrected chi connectivity index (χ2v) is 3.18. The number of fused-ring (bicyclic) bond motifs is 1. The minimum absolute atomic E-state index is 0. The SMILES string of the molecule is CC[NH2+]c1cccc2ccccc12.[Br-]. The molecule has 74 valence electrons. The van der Waals surface area contributed by atoms with Crippen molar-refractivity contribution in [3.8, 4) is 0 Å². The fourth-order valence-electron chi connectivity index (χ4n) is 1.65. The number of hydrogen-bond acceptors (Lipinski definition) is 0. The molecule has 2 rings (SSSR count). The second-order valence-electron chi connectivity index (χ2n) is 3.18. The lowest BCUT2D eigenvalue weighted by atomic mass is 10.1. The zero-order chi connectivity index (χ0) is 9.10. The molecule has 0 aliphatic carbocycles. The molecule has 0 atom stereocenters. The van der Waals surface area contributed by atoms with Crippen molar-refractivity contribution in [2.45, 2.75) is 6.92 Å². The molecule has 0 fully saturated rings. The Bertz CT molecular complexity index is 406. The molecular formula is C12H14BrN. The number of halogens is 1. The Balaban J connectivity index is 0.000000980. The van der Waals surface area contributed by atoms with Crippen LogP contribution in [0.5, 0.6) is 0 Å². The van der Waals surface area contributed by atoms with Gasteiger partial charge in [0.05, 0.1) is 6.54 Å². The van der Waals surface area contributed by atoms with Crippen LogP contribution in [0.1, 0.15) is 6.92 Å². The van der Waals surface area contributed by atoms with E-state index in [2.05, 4.69) is 54.7 Å². The maximum Gasteiger partial charge on any atom is 0.137 e. The van der Waals surface area contributed by atoms with Gasteiger partial charge < -0.3 is 22.3 Å². The van der Waals surface area contributed by atoms with E-state index in [4.69, 9.17) is 0 Å². The molecule has 14 heavy (non-hydrogen) atoms. The number of nitrogens with two attached hydrogens (primary N) is 1. The molecule has 2 aromatic carbocycles. The molecular weight excluding hydrogens is 238 g/mol. The lowest BCUT2D eigenvalue weighted by Gasteiger charge is -2.02. The van der Waals surface area contributed by atoms with Crippen LogP contribution in [0.3, 0.4) is 0 Å². The van der Waals surface area contributed by atoms with Crippen LogP contribution in [0.25, 0.3) is 10.8 Å². The second kappa shape index (κ2) is 5.13. The Morgan fingerprint density at radius 2 is 1.71 bits per heavy atom. The van der Waals surface area contributed by atoms with Crippen LogP contribution in [0.2, 0.25) is 0 Å². The van der Waals surface area contributed by atoms with Gasteiger partial charge in [0, 0.05) is 5.39 Å². The first-order valence-electron chi connectivity index (χ1n) is 4.73. The molecule has 0 radical (unpaired) electrons. The summed E-state index contributed by atoms with van der Waals surface area (Å²) in [4.78, 5) is 0. The van der Waals surface area contributed by atoms with E-state index in [0.717, 1.165) is 6.54 Å². The molecule has 0 aliphatic rings. The first-order chi connectivity index (χ1) is 6.42. The van der Waals surface area contributed by atoms with E-state index in [1.807, 2.05) is 0 Å². The molecule has 0 bridgehead atoms. The van der Waals surface area contributed by atoms with Crippen LogP contribution in [0.15, 0.2) is 42.5 Å². The summed E-state index contributed by atoms with van der Waals surface area (Å²) in [7, 11) is 0. The Morgan fingerprint density at radius 1 is 1.00 bits per heavy atom. The van der Waals surface area contributed by atoms with Crippen LogP contribution < -0.4 is 22.3 Å². The largest absolute Gasteiger partial charge is 1.00 e. The molecule has 0 unspecified atom stereocenters. The zero-order valence-electron chi connectivity index (χ0n) is 8.20. The van der Waals surface area contributed by atoms with Gasteiger partial charge in [-0.1, -0.05) is 30.3 Å². The zero-order valence-corrected chi connectivity index (χ0v) is 9.79. The number of hydrogen-bond donors (Lipinski definition) is 1. The van der Waals surface area contributed by atoms with Crippen molar-refractivity contribution in [1.29, 1.82) is 0 Å². The topological polar surface area (TPSA) is 16.6 Å². The Morgan fingerprint density at radius 3 is 2.50 bits per heavy atom. The third kappa shape index (κ3) is 2.14. The van der Waals surface area contributed by atoms with Gasteiger partial charge in [-0.05, 0) is 24.4 Å². The maximum atomic E-state index is 2.27. The number of quaternary nitrogens is 1. The van der Waals surface area contributed by atoms with Crippen molar-refractivity contribution >= 4 is 16.5 Å². The van der Waals surface area contributed by atoms with E-state index in [1.165, 1.54) is 16.5 Å². The molecule has 1 nitrogen and oxygen atoms in total. The summed E-state index contributed by atoms with van der Waals surface area (Å²) >= 11 is 0. The summed E-state index contributed by atoms with van der Waals surface area (Å²) in [6.45, 7) is 3.26. The number of benzene rings is 2. The smallest absolute Gasteiger partial charge is 0.137 e. The predicted molar refractivity (Wildman–Crippen MR) is 56.1 cm³/mol. The first kappa shape index (κ1) is 11.2. The first-order valence-corrected chi connectivity index (χ1v) is 4.73. The van der Waals surface area contributed by atoms with Crippen molar-refractivity contribution in [3.63, 3.8) is 0 Å². The highest BCUT2D eigenvalue weighted by molar-refractivity contribution is 5.90. The van der Waals surface area contributed by atoms with Crippen LogP contribution >= 0.6 is 0 Å². The van der Waals surface area contributed by atoms with E-state index in [0.29, 0.717) is 0 Å². The van der Waals surface area contributed by atoms with E-state index in [9.17, 15) is 0 Å². The van der Waals surface area contributed by atoms with Gasteiger partial charge in [0.15, 0.2) is 0 Å². The minimum atomic E-state index is 0. The van der Waals surface area contributed by atoms with Crippen LogP contribution in [-0.2, 0) is 0 Å². The van der Waals surface area contributed by atoms with Gasteiger partial charge >= 0.3 is 0 Å².